The van der Waals surface area contributed by atoms with Gasteiger partial charge in [-0.05, 0) is 38.5 Å². The molecule has 6 heteroatoms. The van der Waals surface area contributed by atoms with Crippen molar-refractivity contribution in [3.63, 3.8) is 0 Å². The summed E-state index contributed by atoms with van der Waals surface area (Å²) in [6.45, 7) is 17.4. The number of nitrogens with zero attached hydrogens (tertiary/aromatic N) is 1. The van der Waals surface area contributed by atoms with Gasteiger partial charge >= 0.3 is 0 Å². The molecule has 0 aromatic carbocycles. The smallest absolute Gasteiger partial charge is 0.223 e. The first-order valence-corrected chi connectivity index (χ1v) is 11.8. The highest BCUT2D eigenvalue weighted by molar-refractivity contribution is 14.1. The lowest BCUT2D eigenvalue weighted by atomic mass is 9.73. The number of hydrogen-bond donors (Lipinski definition) is 0. The van der Waals surface area contributed by atoms with Crippen LogP contribution >= 0.6 is 22.6 Å². The van der Waals surface area contributed by atoms with E-state index in [1.165, 1.54) is 0 Å². The summed E-state index contributed by atoms with van der Waals surface area (Å²) in [5.41, 5.74) is -0.201. The number of Topliss-reactive ketones (excluding diaryl/α,β-unsaturated/α-hetero) is 1. The fourth-order valence-corrected chi connectivity index (χ4v) is 3.75. The summed E-state index contributed by atoms with van der Waals surface area (Å²) < 4.78 is 11.9. The quantitative estimate of drug-likeness (QED) is 0.295. The van der Waals surface area contributed by atoms with Gasteiger partial charge in [0.1, 0.15) is 9.89 Å². The maximum Gasteiger partial charge on any atom is 0.223 e. The van der Waals surface area contributed by atoms with E-state index in [0.717, 1.165) is 6.42 Å². The molecule has 0 aromatic heterocycles. The Labute approximate surface area is 185 Å². The van der Waals surface area contributed by atoms with Crippen molar-refractivity contribution in [1.29, 1.82) is 0 Å². The van der Waals surface area contributed by atoms with Crippen LogP contribution in [-0.4, -0.2) is 52.1 Å². The van der Waals surface area contributed by atoms with Crippen LogP contribution in [0, 0.1) is 17.3 Å². The summed E-state index contributed by atoms with van der Waals surface area (Å²) in [5, 5.41) is 0. The molecule has 164 valence electrons. The molecule has 1 fully saturated rings. The molecule has 1 aliphatic heterocycles. The summed E-state index contributed by atoms with van der Waals surface area (Å²) in [6, 6.07) is 0.0566. The Hall–Kier alpha value is -0.210. The van der Waals surface area contributed by atoms with Gasteiger partial charge < -0.3 is 14.4 Å². The predicted molar refractivity (Wildman–Crippen MR) is 122 cm³/mol. The van der Waals surface area contributed by atoms with Crippen molar-refractivity contribution in [3.05, 3.63) is 0 Å². The molecular formula is C22H40INO4. The predicted octanol–water partition coefficient (Wildman–Crippen LogP) is 4.85. The molecule has 1 rings (SSSR count). The summed E-state index contributed by atoms with van der Waals surface area (Å²) >= 11 is 2.24. The van der Waals surface area contributed by atoms with Crippen LogP contribution in [0.4, 0.5) is 0 Å². The van der Waals surface area contributed by atoms with Crippen molar-refractivity contribution >= 4 is 34.3 Å². The first kappa shape index (κ1) is 25.8. The van der Waals surface area contributed by atoms with Crippen LogP contribution in [0.3, 0.4) is 0 Å². The first-order valence-electron chi connectivity index (χ1n) is 10.6. The molecule has 0 bridgehead atoms. The third kappa shape index (κ3) is 8.27. The number of ether oxygens (including phenoxy) is 2. The van der Waals surface area contributed by atoms with Crippen molar-refractivity contribution < 1.29 is 19.1 Å². The van der Waals surface area contributed by atoms with Gasteiger partial charge in [-0.25, -0.2) is 0 Å². The summed E-state index contributed by atoms with van der Waals surface area (Å²) in [7, 11) is 0. The Kier molecular flexibility index (Phi) is 10.4. The van der Waals surface area contributed by atoms with E-state index < -0.39 is 0 Å². The number of amides is 1. The van der Waals surface area contributed by atoms with Crippen LogP contribution < -0.4 is 0 Å². The lowest BCUT2D eigenvalue weighted by Crippen LogP contribution is -2.41. The third-order valence-electron chi connectivity index (χ3n) is 5.77. The second-order valence-electron chi connectivity index (χ2n) is 9.51. The minimum absolute atomic E-state index is 0.0338. The van der Waals surface area contributed by atoms with Gasteiger partial charge in [0.25, 0.3) is 0 Å². The van der Waals surface area contributed by atoms with E-state index in [9.17, 15) is 9.59 Å². The molecule has 0 N–H and O–H groups in total. The highest BCUT2D eigenvalue weighted by atomic mass is 127. The van der Waals surface area contributed by atoms with Crippen molar-refractivity contribution in [3.8, 4) is 0 Å². The fraction of sp³-hybridized carbons (Fsp3) is 0.909. The molecule has 0 aliphatic carbocycles. The van der Waals surface area contributed by atoms with Gasteiger partial charge in [-0.1, -0.05) is 57.2 Å². The normalized spacial score (nSPS) is 22.8. The van der Waals surface area contributed by atoms with Crippen molar-refractivity contribution in [2.24, 2.45) is 17.3 Å². The van der Waals surface area contributed by atoms with Gasteiger partial charge in [-0.2, -0.15) is 0 Å². The summed E-state index contributed by atoms with van der Waals surface area (Å²) in [6.07, 6.45) is 1.98. The van der Waals surface area contributed by atoms with E-state index in [0.29, 0.717) is 26.0 Å². The Balaban J connectivity index is 2.77. The Morgan fingerprint density at radius 2 is 1.75 bits per heavy atom. The van der Waals surface area contributed by atoms with E-state index >= 15 is 0 Å². The topological polar surface area (TPSA) is 55.8 Å². The molecule has 28 heavy (non-hydrogen) atoms. The van der Waals surface area contributed by atoms with Crippen molar-refractivity contribution in [2.45, 2.75) is 97.0 Å². The van der Waals surface area contributed by atoms with E-state index in [1.807, 2.05) is 39.5 Å². The van der Waals surface area contributed by atoms with Crippen LogP contribution in [-0.2, 0) is 19.1 Å². The molecule has 0 spiro atoms. The van der Waals surface area contributed by atoms with E-state index in [2.05, 4.69) is 43.4 Å². The Morgan fingerprint density at radius 3 is 2.25 bits per heavy atom. The van der Waals surface area contributed by atoms with Crippen LogP contribution in [0.25, 0.3) is 0 Å². The second kappa shape index (κ2) is 11.3. The van der Waals surface area contributed by atoms with E-state index in [1.54, 1.807) is 0 Å². The molecule has 0 radical (unpaired) electrons. The zero-order valence-corrected chi connectivity index (χ0v) is 21.1. The van der Waals surface area contributed by atoms with Crippen LogP contribution in [0.15, 0.2) is 0 Å². The van der Waals surface area contributed by atoms with Crippen LogP contribution in [0.5, 0.6) is 0 Å². The first-order chi connectivity index (χ1) is 12.8. The van der Waals surface area contributed by atoms with Gasteiger partial charge in [0, 0.05) is 25.3 Å². The molecule has 1 heterocycles. The Morgan fingerprint density at radius 1 is 1.14 bits per heavy atom. The van der Waals surface area contributed by atoms with Crippen LogP contribution in [0.2, 0.25) is 0 Å². The lowest BCUT2D eigenvalue weighted by Gasteiger charge is -2.33. The minimum Gasteiger partial charge on any atom is -0.374 e. The molecule has 1 aliphatic rings. The van der Waals surface area contributed by atoms with Crippen LogP contribution in [0.1, 0.15) is 74.7 Å². The zero-order chi connectivity index (χ0) is 21.6. The molecule has 1 saturated heterocycles. The van der Waals surface area contributed by atoms with Gasteiger partial charge in [-0.15, -0.1) is 0 Å². The van der Waals surface area contributed by atoms with Gasteiger partial charge in [0.2, 0.25) is 5.91 Å². The zero-order valence-electron chi connectivity index (χ0n) is 19.0. The van der Waals surface area contributed by atoms with E-state index in [-0.39, 0.29) is 51.3 Å². The summed E-state index contributed by atoms with van der Waals surface area (Å²) in [5.74, 6) is 0.560. The third-order valence-corrected chi connectivity index (χ3v) is 6.13. The molecule has 0 aromatic rings. The van der Waals surface area contributed by atoms with Crippen molar-refractivity contribution in [2.75, 3.05) is 13.2 Å². The second-order valence-corrected chi connectivity index (χ2v) is 11.3. The molecular weight excluding hydrogens is 469 g/mol. The number of halogens is 1. The molecule has 5 nitrogen and oxygen atoms in total. The number of ketones is 1. The maximum atomic E-state index is 13.1. The number of rotatable bonds is 11. The molecule has 0 saturated carbocycles. The molecule has 4 atom stereocenters. The molecule has 1 amide bonds. The highest BCUT2D eigenvalue weighted by Gasteiger charge is 2.38. The molecule has 3 unspecified atom stereocenters. The SMILES string of the molecule is CC(C)O[C@@H]1CC(COC(C)I)N(C(=O)CC(C)C(C)(C)CC(=O)C(C)C)C1. The van der Waals surface area contributed by atoms with E-state index in [4.69, 9.17) is 9.47 Å². The standard InChI is InChI=1S/C22H40INO4/c1-14(2)20(25)11-22(7,8)16(5)9-21(26)24-12-19(28-15(3)4)10-18(24)13-27-17(6)23/h14-19H,9-13H2,1-8H3/t16?,17?,18?,19-/m1/s1. The monoisotopic (exact) mass is 509 g/mol. The Bertz CT molecular complexity index is 519. The van der Waals surface area contributed by atoms with Crippen molar-refractivity contribution in [1.82, 2.24) is 4.90 Å². The minimum atomic E-state index is -0.201. The average Bonchev–Trinajstić information content (AvgIpc) is 2.94. The van der Waals surface area contributed by atoms with Gasteiger partial charge in [0.15, 0.2) is 0 Å². The number of hydrogen-bond acceptors (Lipinski definition) is 4. The maximum absolute atomic E-state index is 13.1. The number of likely N-dealkylation sites (tertiary alicyclic amines) is 1. The largest absolute Gasteiger partial charge is 0.374 e. The average molecular weight is 509 g/mol. The number of carbonyl (C=O) groups excluding carboxylic acids is 2. The lowest BCUT2D eigenvalue weighted by molar-refractivity contribution is -0.136. The van der Waals surface area contributed by atoms with Gasteiger partial charge in [-0.3, -0.25) is 9.59 Å². The fourth-order valence-electron chi connectivity index (χ4n) is 3.55. The highest BCUT2D eigenvalue weighted by Crippen LogP contribution is 2.35. The van der Waals surface area contributed by atoms with Gasteiger partial charge in [0.05, 0.1) is 24.9 Å². The number of carbonyl (C=O) groups is 2. The number of alkyl halides is 1. The summed E-state index contributed by atoms with van der Waals surface area (Å²) in [4.78, 5) is 27.3.